The lowest BCUT2D eigenvalue weighted by molar-refractivity contribution is -0.142. The molecule has 0 aliphatic rings. The molecule has 5 nitrogen and oxygen atoms in total. The summed E-state index contributed by atoms with van der Waals surface area (Å²) in [4.78, 5) is 21.8. The Labute approximate surface area is 103 Å². The van der Waals surface area contributed by atoms with Gasteiger partial charge in [-0.2, -0.15) is 0 Å². The van der Waals surface area contributed by atoms with Crippen LogP contribution in [0.3, 0.4) is 0 Å². The van der Waals surface area contributed by atoms with Crippen LogP contribution in [-0.2, 0) is 16.0 Å². The Hall–Kier alpha value is -1.59. The molecule has 0 bridgehead atoms. The third-order valence-electron chi connectivity index (χ3n) is 2.24. The van der Waals surface area contributed by atoms with Gasteiger partial charge in [-0.3, -0.25) is 4.79 Å². The van der Waals surface area contributed by atoms with Crippen molar-refractivity contribution < 1.29 is 19.4 Å². The Morgan fingerprint density at radius 2 is 2.18 bits per heavy atom. The third-order valence-corrected chi connectivity index (χ3v) is 2.60. The van der Waals surface area contributed by atoms with Crippen LogP contribution in [0.25, 0.3) is 0 Å². The fraction of sp³-hybridized carbons (Fsp3) is 0.273. The highest BCUT2D eigenvalue weighted by molar-refractivity contribution is 6.31. The third kappa shape index (κ3) is 3.44. The summed E-state index contributed by atoms with van der Waals surface area (Å²) >= 11 is 5.89. The summed E-state index contributed by atoms with van der Waals surface area (Å²) in [6.07, 6.45) is 0.200. The molecule has 0 saturated heterocycles. The summed E-state index contributed by atoms with van der Waals surface area (Å²) in [5.74, 6) is -1.60. The van der Waals surface area contributed by atoms with Gasteiger partial charge in [0, 0.05) is 5.02 Å². The van der Waals surface area contributed by atoms with Gasteiger partial charge < -0.3 is 15.6 Å². The highest BCUT2D eigenvalue weighted by atomic mass is 35.5. The Balaban J connectivity index is 2.86. The second-order valence-corrected chi connectivity index (χ2v) is 3.85. The molecule has 0 heterocycles. The molecule has 0 amide bonds. The molecule has 1 atom stereocenters. The topological polar surface area (TPSA) is 89.6 Å². The zero-order valence-electron chi connectivity index (χ0n) is 9.14. The van der Waals surface area contributed by atoms with Crippen molar-refractivity contribution in [3.63, 3.8) is 0 Å². The number of esters is 1. The molecule has 0 saturated carbocycles. The van der Waals surface area contributed by atoms with E-state index in [0.29, 0.717) is 5.56 Å². The second-order valence-electron chi connectivity index (χ2n) is 3.45. The number of carbonyl (C=O) groups is 2. The minimum atomic E-state index is -1.06. The first-order chi connectivity index (χ1) is 7.95. The van der Waals surface area contributed by atoms with E-state index < -0.39 is 18.0 Å². The number of nitrogens with two attached hydrogens (primary N) is 1. The van der Waals surface area contributed by atoms with E-state index >= 15 is 0 Å². The predicted molar refractivity (Wildman–Crippen MR) is 62.1 cm³/mol. The molecular weight excluding hydrogens is 246 g/mol. The van der Waals surface area contributed by atoms with Crippen molar-refractivity contribution in [3.8, 4) is 0 Å². The quantitative estimate of drug-likeness (QED) is 0.788. The van der Waals surface area contributed by atoms with Gasteiger partial charge >= 0.3 is 11.9 Å². The van der Waals surface area contributed by atoms with Crippen LogP contribution in [0, 0.1) is 0 Å². The van der Waals surface area contributed by atoms with E-state index in [1.165, 1.54) is 25.3 Å². The first-order valence-corrected chi connectivity index (χ1v) is 5.18. The number of carboxylic acid groups (broad SMARTS) is 1. The summed E-state index contributed by atoms with van der Waals surface area (Å²) in [6, 6.07) is 3.46. The molecule has 1 aromatic carbocycles. The van der Waals surface area contributed by atoms with E-state index in [4.69, 9.17) is 22.4 Å². The number of benzene rings is 1. The normalized spacial score (nSPS) is 11.9. The number of rotatable bonds is 4. The highest BCUT2D eigenvalue weighted by Gasteiger charge is 2.16. The van der Waals surface area contributed by atoms with Crippen molar-refractivity contribution in [1.82, 2.24) is 0 Å². The van der Waals surface area contributed by atoms with E-state index in [1.54, 1.807) is 0 Å². The standard InChI is InChI=1S/C11H12ClNO4/c1-17-11(16)9(13)5-6-2-3-7(10(14)15)4-8(6)12/h2-4,9H,5,13H2,1H3,(H,14,15)/t9-/m1/s1. The van der Waals surface area contributed by atoms with Crippen molar-refractivity contribution >= 4 is 23.5 Å². The van der Waals surface area contributed by atoms with Crippen LogP contribution in [-0.4, -0.2) is 30.2 Å². The number of carbonyl (C=O) groups excluding carboxylic acids is 1. The molecule has 0 radical (unpaired) electrons. The minimum Gasteiger partial charge on any atom is -0.478 e. The van der Waals surface area contributed by atoms with E-state index in [1.807, 2.05) is 0 Å². The lowest BCUT2D eigenvalue weighted by Crippen LogP contribution is -2.33. The van der Waals surface area contributed by atoms with Gasteiger partial charge in [-0.25, -0.2) is 4.79 Å². The van der Waals surface area contributed by atoms with Gasteiger partial charge in [0.25, 0.3) is 0 Å². The van der Waals surface area contributed by atoms with Crippen LogP contribution < -0.4 is 5.73 Å². The van der Waals surface area contributed by atoms with Crippen LogP contribution in [0.5, 0.6) is 0 Å². The number of ether oxygens (including phenoxy) is 1. The molecule has 1 aromatic rings. The van der Waals surface area contributed by atoms with E-state index in [9.17, 15) is 9.59 Å². The number of halogens is 1. The van der Waals surface area contributed by atoms with Crippen LogP contribution in [0.15, 0.2) is 18.2 Å². The van der Waals surface area contributed by atoms with E-state index in [2.05, 4.69) is 4.74 Å². The monoisotopic (exact) mass is 257 g/mol. The molecule has 0 aliphatic heterocycles. The molecule has 17 heavy (non-hydrogen) atoms. The average molecular weight is 258 g/mol. The molecule has 3 N–H and O–H groups in total. The zero-order chi connectivity index (χ0) is 13.0. The molecule has 0 unspecified atom stereocenters. The molecule has 1 rings (SSSR count). The van der Waals surface area contributed by atoms with Crippen LogP contribution in [0.2, 0.25) is 5.02 Å². The molecule has 0 aromatic heterocycles. The molecule has 92 valence electrons. The maximum absolute atomic E-state index is 11.1. The van der Waals surface area contributed by atoms with Crippen molar-refractivity contribution in [3.05, 3.63) is 34.3 Å². The summed E-state index contributed by atoms with van der Waals surface area (Å²) in [5.41, 5.74) is 6.27. The first kappa shape index (κ1) is 13.5. The maximum Gasteiger partial charge on any atom is 0.335 e. The van der Waals surface area contributed by atoms with E-state index in [0.717, 1.165) is 0 Å². The number of aromatic carboxylic acids is 1. The molecule has 0 fully saturated rings. The van der Waals surface area contributed by atoms with Gasteiger partial charge in [-0.05, 0) is 24.1 Å². The van der Waals surface area contributed by atoms with Gasteiger partial charge in [0.15, 0.2) is 0 Å². The van der Waals surface area contributed by atoms with Crippen molar-refractivity contribution in [2.24, 2.45) is 5.73 Å². The summed E-state index contributed by atoms with van der Waals surface area (Å²) < 4.78 is 4.48. The van der Waals surface area contributed by atoms with Crippen LogP contribution >= 0.6 is 11.6 Å². The lowest BCUT2D eigenvalue weighted by atomic mass is 10.0. The number of methoxy groups -OCH3 is 1. The van der Waals surface area contributed by atoms with Crippen molar-refractivity contribution in [1.29, 1.82) is 0 Å². The lowest BCUT2D eigenvalue weighted by Gasteiger charge is -2.10. The van der Waals surface area contributed by atoms with Gasteiger partial charge in [-0.15, -0.1) is 0 Å². The maximum atomic E-state index is 11.1. The smallest absolute Gasteiger partial charge is 0.335 e. The highest BCUT2D eigenvalue weighted by Crippen LogP contribution is 2.19. The molecule has 6 heteroatoms. The number of hydrogen-bond donors (Lipinski definition) is 2. The fourth-order valence-corrected chi connectivity index (χ4v) is 1.58. The van der Waals surface area contributed by atoms with Crippen molar-refractivity contribution in [2.45, 2.75) is 12.5 Å². The molecule has 0 spiro atoms. The minimum absolute atomic E-state index is 0.0883. The molecule has 0 aliphatic carbocycles. The first-order valence-electron chi connectivity index (χ1n) is 4.81. The van der Waals surface area contributed by atoms with Gasteiger partial charge in [-0.1, -0.05) is 17.7 Å². The van der Waals surface area contributed by atoms with Crippen molar-refractivity contribution in [2.75, 3.05) is 7.11 Å². The molecular formula is C11H12ClNO4. The summed E-state index contributed by atoms with van der Waals surface area (Å²) in [7, 11) is 1.25. The number of hydrogen-bond acceptors (Lipinski definition) is 4. The summed E-state index contributed by atoms with van der Waals surface area (Å²) in [6.45, 7) is 0. The van der Waals surface area contributed by atoms with Gasteiger partial charge in [0.2, 0.25) is 0 Å². The Bertz CT molecular complexity index is 447. The number of carboxylic acids is 1. The van der Waals surface area contributed by atoms with Crippen LogP contribution in [0.4, 0.5) is 0 Å². The largest absolute Gasteiger partial charge is 0.478 e. The zero-order valence-corrected chi connectivity index (χ0v) is 9.90. The second kappa shape index (κ2) is 5.65. The Morgan fingerprint density at radius 3 is 2.65 bits per heavy atom. The van der Waals surface area contributed by atoms with Crippen LogP contribution in [0.1, 0.15) is 15.9 Å². The fourth-order valence-electron chi connectivity index (χ4n) is 1.32. The predicted octanol–water partition coefficient (Wildman–Crippen LogP) is 1.08. The van der Waals surface area contributed by atoms with Gasteiger partial charge in [0.1, 0.15) is 6.04 Å². The Morgan fingerprint density at radius 1 is 1.53 bits per heavy atom. The Kier molecular flexibility index (Phi) is 4.48. The SMILES string of the molecule is COC(=O)[C@H](N)Cc1ccc(C(=O)O)cc1Cl. The average Bonchev–Trinajstić information content (AvgIpc) is 2.30. The van der Waals surface area contributed by atoms with E-state index in [-0.39, 0.29) is 17.0 Å². The summed E-state index contributed by atoms with van der Waals surface area (Å²) in [5, 5.41) is 9.02. The van der Waals surface area contributed by atoms with Gasteiger partial charge in [0.05, 0.1) is 12.7 Å².